The second-order valence-electron chi connectivity index (χ2n) is 27.1. The van der Waals surface area contributed by atoms with E-state index in [9.17, 15) is 0 Å². The van der Waals surface area contributed by atoms with Gasteiger partial charge < -0.3 is 4.57 Å². The lowest BCUT2D eigenvalue weighted by molar-refractivity contribution is -0.137. The van der Waals surface area contributed by atoms with Crippen molar-refractivity contribution in [1.82, 2.24) is 4.57 Å². The Bertz CT molecular complexity index is 5310. The molecule has 518 valence electrons. The minimum atomic E-state index is -4.74. The molecule has 1 nitrogen and oxygen atoms in total. The van der Waals surface area contributed by atoms with E-state index >= 15 is 52.7 Å². The van der Waals surface area contributed by atoms with Crippen molar-refractivity contribution in [3.63, 3.8) is 0 Å². The van der Waals surface area contributed by atoms with Crippen molar-refractivity contribution in [1.29, 1.82) is 0 Å². The first-order chi connectivity index (χ1) is 50.3. The molecule has 15 rings (SSSR count). The fourth-order valence-corrected chi connectivity index (χ4v) is 14.9. The molecule has 0 atom stereocenters. The van der Waals surface area contributed by atoms with Gasteiger partial charge in [-0.05, 0) is 219 Å². The van der Waals surface area contributed by atoms with Gasteiger partial charge in [-0.25, -0.2) is 0 Å². The summed E-state index contributed by atoms with van der Waals surface area (Å²) in [4.78, 5) is 0. The average molecular weight is 1410 g/mol. The van der Waals surface area contributed by atoms with Gasteiger partial charge in [0.2, 0.25) is 0 Å². The quantitative estimate of drug-likeness (QED) is 0.107. The van der Waals surface area contributed by atoms with E-state index in [-0.39, 0.29) is 49.9 Å². The Kier molecular flexibility index (Phi) is 17.5. The minimum absolute atomic E-state index is 0.0767. The predicted molar refractivity (Wildman–Crippen MR) is 399 cm³/mol. The van der Waals surface area contributed by atoms with Crippen molar-refractivity contribution in [3.05, 3.63) is 343 Å². The predicted octanol–water partition coefficient (Wildman–Crippen LogP) is 28.5. The maximum absolute atomic E-state index is 15.1. The van der Waals surface area contributed by atoms with Crippen molar-refractivity contribution >= 4 is 21.8 Å². The fraction of sp³-hybridized carbons (Fsp3) is 0.0870. The summed E-state index contributed by atoms with van der Waals surface area (Å²) < 4.78 is 183. The zero-order valence-corrected chi connectivity index (χ0v) is 56.5. The molecule has 0 fully saturated rings. The number of nitrogens with zero attached hydrogens (tertiary/aromatic N) is 1. The van der Waals surface area contributed by atoms with Crippen LogP contribution in [0.25, 0.3) is 150 Å². The van der Waals surface area contributed by atoms with E-state index in [0.717, 1.165) is 57.7 Å². The molecule has 1 aromatic heterocycles. The van der Waals surface area contributed by atoms with Crippen molar-refractivity contribution in [2.24, 2.45) is 0 Å². The molecule has 0 unspecified atom stereocenters. The average Bonchev–Trinajstić information content (AvgIpc) is 1.62. The van der Waals surface area contributed by atoms with E-state index in [2.05, 4.69) is 43.5 Å². The van der Waals surface area contributed by atoms with Crippen molar-refractivity contribution in [2.45, 2.75) is 50.9 Å². The van der Waals surface area contributed by atoms with Crippen LogP contribution in [0.15, 0.2) is 315 Å². The lowest BCUT2D eigenvalue weighted by Crippen LogP contribution is -2.13. The summed E-state index contributed by atoms with van der Waals surface area (Å²) in [5, 5.41) is 1.43. The molecule has 0 bridgehead atoms. The standard InChI is InChI=1S/C92H61F12N/c1-88(2,3)80-38-18-12-36-76(80)77-37-17-23-43-85(77)105-86-46-44-56(58-48-60(64-24-4-8-28-68(64)72-32-13-19-39-81(72)89(93,94)95)52-61(49-58)65-25-5-9-29-69(65)73-33-14-20-40-82(73)90(96,97)98)54-78(86)79-55-57(45-47-87(79)105)59-50-62(66-26-6-10-30-70(66)74-34-15-21-41-83(74)91(99,100)101)53-63(51-59)67-27-7-11-31-71(67)75-35-16-22-42-84(75)92(102,103)104/h4-55H,1-3H3. The maximum atomic E-state index is 15.1. The van der Waals surface area contributed by atoms with E-state index in [0.29, 0.717) is 77.5 Å². The Morgan fingerprint density at radius 3 is 0.686 bits per heavy atom. The van der Waals surface area contributed by atoms with Crippen LogP contribution in [0.5, 0.6) is 0 Å². The van der Waals surface area contributed by atoms with E-state index in [1.807, 2.05) is 91.0 Å². The molecule has 13 heteroatoms. The molecule has 105 heavy (non-hydrogen) atoms. The number of halogens is 12. The van der Waals surface area contributed by atoms with E-state index in [4.69, 9.17) is 0 Å². The van der Waals surface area contributed by atoms with Crippen LogP contribution in [0.4, 0.5) is 52.7 Å². The van der Waals surface area contributed by atoms with E-state index < -0.39 is 47.0 Å². The fourth-order valence-electron chi connectivity index (χ4n) is 14.9. The van der Waals surface area contributed by atoms with Crippen LogP contribution >= 0.6 is 0 Å². The highest BCUT2D eigenvalue weighted by Gasteiger charge is 2.38. The third-order valence-corrected chi connectivity index (χ3v) is 19.5. The molecule has 0 aliphatic heterocycles. The Labute approximate surface area is 598 Å². The number of aromatic nitrogens is 1. The third-order valence-electron chi connectivity index (χ3n) is 19.5. The number of hydrogen-bond donors (Lipinski definition) is 0. The lowest BCUT2D eigenvalue weighted by atomic mass is 9.81. The normalized spacial score (nSPS) is 12.3. The summed E-state index contributed by atoms with van der Waals surface area (Å²) in [6, 6.07) is 87.4. The molecule has 0 saturated heterocycles. The van der Waals surface area contributed by atoms with Gasteiger partial charge in [-0.3, -0.25) is 0 Å². The third kappa shape index (κ3) is 13.2. The summed E-state index contributed by atoms with van der Waals surface area (Å²) in [5.74, 6) is 0. The van der Waals surface area contributed by atoms with Crippen molar-refractivity contribution < 1.29 is 52.7 Å². The molecule has 0 aliphatic carbocycles. The first-order valence-electron chi connectivity index (χ1n) is 33.9. The Balaban J connectivity index is 1.01. The van der Waals surface area contributed by atoms with Gasteiger partial charge in [0.25, 0.3) is 0 Å². The topological polar surface area (TPSA) is 4.93 Å². The highest BCUT2D eigenvalue weighted by molar-refractivity contribution is 6.13. The summed E-state index contributed by atoms with van der Waals surface area (Å²) in [5.41, 5.74) is 8.22. The second kappa shape index (κ2) is 26.7. The summed E-state index contributed by atoms with van der Waals surface area (Å²) in [6.07, 6.45) is -19.0. The van der Waals surface area contributed by atoms with Gasteiger partial charge in [-0.2, -0.15) is 52.7 Å². The number of rotatable bonds is 12. The summed E-state index contributed by atoms with van der Waals surface area (Å²) >= 11 is 0. The molecule has 0 aliphatic rings. The Hall–Kier alpha value is -12.0. The molecule has 14 aromatic carbocycles. The van der Waals surface area contributed by atoms with Crippen LogP contribution in [0, 0.1) is 0 Å². The molecular formula is C92H61F12N. The van der Waals surface area contributed by atoms with Gasteiger partial charge in [0.15, 0.2) is 0 Å². The smallest absolute Gasteiger partial charge is 0.309 e. The van der Waals surface area contributed by atoms with E-state index in [1.54, 1.807) is 109 Å². The number of hydrogen-bond acceptors (Lipinski definition) is 0. The van der Waals surface area contributed by atoms with E-state index in [1.165, 1.54) is 72.8 Å². The van der Waals surface area contributed by atoms with Crippen LogP contribution in [0.2, 0.25) is 0 Å². The Morgan fingerprint density at radius 1 is 0.190 bits per heavy atom. The first-order valence-corrected chi connectivity index (χ1v) is 33.9. The largest absolute Gasteiger partial charge is 0.417 e. The zero-order chi connectivity index (χ0) is 73.3. The SMILES string of the molecule is CC(C)(C)c1ccccc1-c1ccccc1-n1c2ccc(-c3cc(-c4ccccc4-c4ccccc4C(F)(F)F)cc(-c4ccccc4-c4ccccc4C(F)(F)F)c3)cc2c2cc(-c3cc(-c4ccccc4-c4ccccc4C(F)(F)F)cc(-c4ccccc4-c4ccccc4C(F)(F)F)c3)ccc21. The van der Waals surface area contributed by atoms with Gasteiger partial charge in [0.05, 0.1) is 39.0 Å². The van der Waals surface area contributed by atoms with Gasteiger partial charge in [0.1, 0.15) is 0 Å². The van der Waals surface area contributed by atoms with Crippen LogP contribution in [0.3, 0.4) is 0 Å². The number of benzene rings is 14. The monoisotopic (exact) mass is 1410 g/mol. The van der Waals surface area contributed by atoms with Crippen LogP contribution < -0.4 is 0 Å². The summed E-state index contributed by atoms with van der Waals surface area (Å²) in [6.45, 7) is 6.46. The molecular weight excluding hydrogens is 1350 g/mol. The van der Waals surface area contributed by atoms with Gasteiger partial charge in [-0.1, -0.05) is 245 Å². The van der Waals surface area contributed by atoms with Crippen LogP contribution in [-0.4, -0.2) is 4.57 Å². The first kappa shape index (κ1) is 68.8. The second-order valence-corrected chi connectivity index (χ2v) is 27.1. The van der Waals surface area contributed by atoms with Crippen molar-refractivity contribution in [2.75, 3.05) is 0 Å². The molecule has 1 heterocycles. The number of alkyl halides is 12. The van der Waals surface area contributed by atoms with Gasteiger partial charge in [-0.15, -0.1) is 0 Å². The zero-order valence-electron chi connectivity index (χ0n) is 56.5. The highest BCUT2D eigenvalue weighted by Crippen LogP contribution is 2.50. The molecule has 0 radical (unpaired) electrons. The molecule has 0 spiro atoms. The van der Waals surface area contributed by atoms with Gasteiger partial charge in [0, 0.05) is 16.3 Å². The molecule has 0 N–H and O–H groups in total. The number of para-hydroxylation sites is 1. The molecule has 15 aromatic rings. The Morgan fingerprint density at radius 2 is 0.410 bits per heavy atom. The minimum Gasteiger partial charge on any atom is -0.309 e. The summed E-state index contributed by atoms with van der Waals surface area (Å²) in [7, 11) is 0. The lowest BCUT2D eigenvalue weighted by Gasteiger charge is -2.24. The molecule has 0 saturated carbocycles. The molecule has 0 amide bonds. The van der Waals surface area contributed by atoms with Gasteiger partial charge >= 0.3 is 24.7 Å². The maximum Gasteiger partial charge on any atom is 0.417 e. The van der Waals surface area contributed by atoms with Crippen LogP contribution in [-0.2, 0) is 30.1 Å². The van der Waals surface area contributed by atoms with Crippen LogP contribution in [0.1, 0.15) is 48.6 Å². The number of fused-ring (bicyclic) bond motifs is 3. The highest BCUT2D eigenvalue weighted by atomic mass is 19.4. The van der Waals surface area contributed by atoms with Crippen molar-refractivity contribution in [3.8, 4) is 128 Å².